The lowest BCUT2D eigenvalue weighted by atomic mass is 10.3. The van der Waals surface area contributed by atoms with Gasteiger partial charge in [0.15, 0.2) is 12.5 Å². The van der Waals surface area contributed by atoms with Crippen LogP contribution in [0.25, 0.3) is 0 Å². The van der Waals surface area contributed by atoms with Gasteiger partial charge >= 0.3 is 0 Å². The second kappa shape index (κ2) is 4.88. The average Bonchev–Trinajstić information content (AvgIpc) is 2.89. The van der Waals surface area contributed by atoms with Crippen LogP contribution in [-0.4, -0.2) is 40.2 Å². The molecule has 2 rings (SSSR count). The van der Waals surface area contributed by atoms with Gasteiger partial charge in [-0.25, -0.2) is 4.68 Å². The summed E-state index contributed by atoms with van der Waals surface area (Å²) in [5.41, 5.74) is 0.764. The molecule has 1 aromatic rings. The van der Waals surface area contributed by atoms with Gasteiger partial charge < -0.3 is 4.74 Å². The highest BCUT2D eigenvalue weighted by Crippen LogP contribution is 2.06. The maximum Gasteiger partial charge on any atom is 0.165 e. The molecule has 0 aromatic carbocycles. The van der Waals surface area contributed by atoms with Gasteiger partial charge in [0.2, 0.25) is 0 Å². The Morgan fingerprint density at radius 2 is 2.69 bits per heavy atom. The van der Waals surface area contributed by atoms with Crippen molar-refractivity contribution in [1.82, 2.24) is 20.3 Å². The number of hydrogen-bond donors (Lipinski definition) is 1. The van der Waals surface area contributed by atoms with Gasteiger partial charge in [0, 0.05) is 12.7 Å². The van der Waals surface area contributed by atoms with E-state index in [1.807, 2.05) is 0 Å². The van der Waals surface area contributed by atoms with E-state index in [-0.39, 0.29) is 6.10 Å². The van der Waals surface area contributed by atoms with Crippen LogP contribution in [0.2, 0.25) is 0 Å². The fourth-order valence-electron chi connectivity index (χ4n) is 1.56. The zero-order valence-corrected chi connectivity index (χ0v) is 8.67. The molecule has 2 heterocycles. The molecule has 0 radical (unpaired) electrons. The number of ether oxygens (including phenoxy) is 1. The quantitative estimate of drug-likeness (QED) is 0.519. The lowest BCUT2D eigenvalue weighted by Gasteiger charge is -2.07. The maximum absolute atomic E-state index is 10.4. The minimum absolute atomic E-state index is 0.0596. The van der Waals surface area contributed by atoms with E-state index in [9.17, 15) is 4.79 Å². The van der Waals surface area contributed by atoms with E-state index >= 15 is 0 Å². The molecular weight excluding hydrogens is 208 g/mol. The Hall–Kier alpha value is -1.71. The van der Waals surface area contributed by atoms with Gasteiger partial charge in [-0.3, -0.25) is 10.1 Å². The van der Waals surface area contributed by atoms with Crippen molar-refractivity contribution >= 4 is 6.29 Å². The van der Waals surface area contributed by atoms with Gasteiger partial charge in [0.25, 0.3) is 0 Å². The summed E-state index contributed by atoms with van der Waals surface area (Å²) in [5.74, 6) is 2.50. The molecule has 84 valence electrons. The van der Waals surface area contributed by atoms with Crippen molar-refractivity contribution in [1.29, 1.82) is 0 Å². The summed E-state index contributed by atoms with van der Waals surface area (Å²) >= 11 is 0. The summed E-state index contributed by atoms with van der Waals surface area (Å²) < 4.78 is 7.05. The Morgan fingerprint density at radius 1 is 1.81 bits per heavy atom. The van der Waals surface area contributed by atoms with E-state index in [0.29, 0.717) is 19.5 Å². The highest BCUT2D eigenvalue weighted by molar-refractivity contribution is 5.55. The van der Waals surface area contributed by atoms with Crippen LogP contribution in [0, 0.1) is 12.3 Å². The summed E-state index contributed by atoms with van der Waals surface area (Å²) in [6.07, 6.45) is 7.61. The normalized spacial score (nSPS) is 24.2. The van der Waals surface area contributed by atoms with Crippen molar-refractivity contribution in [3.63, 3.8) is 0 Å². The average molecular weight is 220 g/mol. The van der Waals surface area contributed by atoms with Gasteiger partial charge in [-0.2, -0.15) is 0 Å². The Bertz CT molecular complexity index is 409. The predicted molar refractivity (Wildman–Crippen MR) is 55.3 cm³/mol. The largest absolute Gasteiger partial charge is 0.350 e. The van der Waals surface area contributed by atoms with E-state index in [1.54, 1.807) is 10.9 Å². The molecule has 1 aliphatic rings. The SMILES string of the molecule is C#CCc1cn(CC2CNC(C=O)O2)nn1. The number of aromatic nitrogens is 3. The van der Waals surface area contributed by atoms with Crippen molar-refractivity contribution in [3.05, 3.63) is 11.9 Å². The third kappa shape index (κ3) is 2.45. The third-order valence-corrected chi connectivity index (χ3v) is 2.27. The number of nitrogens with zero attached hydrogens (tertiary/aromatic N) is 3. The van der Waals surface area contributed by atoms with Crippen molar-refractivity contribution in [2.75, 3.05) is 6.54 Å². The van der Waals surface area contributed by atoms with Gasteiger partial charge in [-0.05, 0) is 0 Å². The van der Waals surface area contributed by atoms with Crippen LogP contribution < -0.4 is 5.32 Å². The van der Waals surface area contributed by atoms with Crippen LogP contribution >= 0.6 is 0 Å². The molecule has 2 unspecified atom stereocenters. The highest BCUT2D eigenvalue weighted by atomic mass is 16.5. The molecule has 0 amide bonds. The second-order valence-electron chi connectivity index (χ2n) is 3.54. The first-order chi connectivity index (χ1) is 7.81. The molecule has 0 bridgehead atoms. The van der Waals surface area contributed by atoms with Crippen molar-refractivity contribution in [2.45, 2.75) is 25.3 Å². The van der Waals surface area contributed by atoms with E-state index in [1.165, 1.54) is 0 Å². The number of carbonyl (C=O) groups excluding carboxylic acids is 1. The summed E-state index contributed by atoms with van der Waals surface area (Å²) in [7, 11) is 0. The Kier molecular flexibility index (Phi) is 3.29. The van der Waals surface area contributed by atoms with Crippen molar-refractivity contribution in [2.24, 2.45) is 0 Å². The summed E-state index contributed by atoms with van der Waals surface area (Å²) in [4.78, 5) is 10.4. The molecule has 6 heteroatoms. The zero-order valence-electron chi connectivity index (χ0n) is 8.67. The van der Waals surface area contributed by atoms with Gasteiger partial charge in [-0.1, -0.05) is 5.21 Å². The molecule has 0 saturated carbocycles. The molecule has 1 N–H and O–H groups in total. The standard InChI is InChI=1S/C10H12N4O2/c1-2-3-8-5-14(13-12-8)6-9-4-11-10(7-15)16-9/h1,5,7,9-11H,3-4,6H2. The highest BCUT2D eigenvalue weighted by Gasteiger charge is 2.24. The van der Waals surface area contributed by atoms with Crippen LogP contribution in [0.4, 0.5) is 0 Å². The van der Waals surface area contributed by atoms with Gasteiger partial charge in [-0.15, -0.1) is 17.4 Å². The number of hydrogen-bond acceptors (Lipinski definition) is 5. The minimum atomic E-state index is -0.501. The van der Waals surface area contributed by atoms with Crippen LogP contribution in [0.5, 0.6) is 0 Å². The summed E-state index contributed by atoms with van der Waals surface area (Å²) in [6.45, 7) is 1.20. The molecule has 0 aliphatic carbocycles. The first kappa shape index (κ1) is 10.8. The van der Waals surface area contributed by atoms with Crippen LogP contribution in [-0.2, 0) is 22.5 Å². The van der Waals surface area contributed by atoms with Crippen molar-refractivity contribution < 1.29 is 9.53 Å². The molecule has 0 spiro atoms. The Morgan fingerprint density at radius 3 is 3.38 bits per heavy atom. The summed E-state index contributed by atoms with van der Waals surface area (Å²) in [5, 5.41) is 10.8. The molecule has 1 fully saturated rings. The summed E-state index contributed by atoms with van der Waals surface area (Å²) in [6, 6.07) is 0. The fraction of sp³-hybridized carbons (Fsp3) is 0.500. The maximum atomic E-state index is 10.4. The third-order valence-electron chi connectivity index (χ3n) is 2.27. The lowest BCUT2D eigenvalue weighted by molar-refractivity contribution is -0.118. The number of terminal acetylenes is 1. The lowest BCUT2D eigenvalue weighted by Crippen LogP contribution is -2.23. The van der Waals surface area contributed by atoms with E-state index in [4.69, 9.17) is 11.2 Å². The van der Waals surface area contributed by atoms with E-state index in [2.05, 4.69) is 21.5 Å². The molecule has 1 aromatic heterocycles. The monoisotopic (exact) mass is 220 g/mol. The first-order valence-electron chi connectivity index (χ1n) is 4.98. The first-order valence-corrected chi connectivity index (χ1v) is 4.98. The number of aldehydes is 1. The van der Waals surface area contributed by atoms with Crippen LogP contribution in [0.3, 0.4) is 0 Å². The van der Waals surface area contributed by atoms with Crippen LogP contribution in [0.15, 0.2) is 6.20 Å². The van der Waals surface area contributed by atoms with E-state index < -0.39 is 6.23 Å². The second-order valence-corrected chi connectivity index (χ2v) is 3.54. The minimum Gasteiger partial charge on any atom is -0.350 e. The zero-order chi connectivity index (χ0) is 11.4. The van der Waals surface area contributed by atoms with Gasteiger partial charge in [0.1, 0.15) is 0 Å². The Labute approximate surface area is 93.0 Å². The van der Waals surface area contributed by atoms with Gasteiger partial charge in [0.05, 0.1) is 24.8 Å². The molecule has 6 nitrogen and oxygen atoms in total. The van der Waals surface area contributed by atoms with E-state index in [0.717, 1.165) is 12.0 Å². The molecular formula is C10H12N4O2. The van der Waals surface area contributed by atoms with Crippen LogP contribution in [0.1, 0.15) is 5.69 Å². The smallest absolute Gasteiger partial charge is 0.165 e. The molecule has 1 saturated heterocycles. The topological polar surface area (TPSA) is 69.0 Å². The van der Waals surface area contributed by atoms with Crippen molar-refractivity contribution in [3.8, 4) is 12.3 Å². The molecule has 2 atom stereocenters. The fourth-order valence-corrected chi connectivity index (χ4v) is 1.56. The number of carbonyl (C=O) groups is 1. The predicted octanol–water partition coefficient (Wildman–Crippen LogP) is -1.03. The molecule has 1 aliphatic heterocycles. The number of nitrogens with one attached hydrogen (secondary N) is 1. The Balaban J connectivity index is 1.89. The molecule has 16 heavy (non-hydrogen) atoms. The number of rotatable bonds is 4.